The smallest absolute Gasteiger partial charge is 0.313 e. The average Bonchev–Trinajstić information content (AvgIpc) is 2.64. The summed E-state index contributed by atoms with van der Waals surface area (Å²) in [6.45, 7) is 0.210. The minimum atomic E-state index is -1.06. The second-order valence-corrected chi connectivity index (χ2v) is 6.90. The first-order chi connectivity index (χ1) is 13.2. The summed E-state index contributed by atoms with van der Waals surface area (Å²) in [5.41, 5.74) is 1.67. The Morgan fingerprint density at radius 3 is 2.25 bits per heavy atom. The largest absolute Gasteiger partial charge is 0.378 e. The molecule has 1 atom stereocenters. The molecule has 0 radical (unpaired) electrons. The number of amides is 2. The van der Waals surface area contributed by atoms with E-state index >= 15 is 0 Å². The van der Waals surface area contributed by atoms with Crippen LogP contribution in [0.15, 0.2) is 42.5 Å². The molecule has 6 nitrogen and oxygen atoms in total. The Bertz CT molecular complexity index is 839. The number of rotatable bonds is 6. The molecule has 8 heteroatoms. The molecule has 0 aliphatic carbocycles. The molecule has 0 bridgehead atoms. The molecule has 2 aromatic carbocycles. The number of nitrogens with zero attached hydrogens (tertiary/aromatic N) is 1. The third-order valence-corrected chi connectivity index (χ3v) is 4.36. The van der Waals surface area contributed by atoms with Gasteiger partial charge in [-0.3, -0.25) is 9.59 Å². The molecule has 2 amide bonds. The molecule has 0 heterocycles. The minimum Gasteiger partial charge on any atom is -0.378 e. The van der Waals surface area contributed by atoms with Gasteiger partial charge >= 0.3 is 11.8 Å². The van der Waals surface area contributed by atoms with Crippen molar-refractivity contribution in [2.75, 3.05) is 45.0 Å². The zero-order valence-electron chi connectivity index (χ0n) is 16.3. The maximum Gasteiger partial charge on any atom is 0.313 e. The fraction of sp³-hybridized carbons (Fsp3) is 0.300. The topological polar surface area (TPSA) is 65.9 Å². The van der Waals surface area contributed by atoms with Gasteiger partial charge in [-0.2, -0.15) is 0 Å². The molecule has 150 valence electrons. The number of carbonyl (C=O) groups is 2. The quantitative estimate of drug-likeness (QED) is 0.643. The van der Waals surface area contributed by atoms with Crippen molar-refractivity contribution in [2.45, 2.75) is 6.04 Å². The van der Waals surface area contributed by atoms with Gasteiger partial charge < -0.3 is 20.4 Å². The lowest BCUT2D eigenvalue weighted by molar-refractivity contribution is -0.890. The van der Waals surface area contributed by atoms with Gasteiger partial charge in [0.05, 0.1) is 26.3 Å². The number of anilines is 2. The molecule has 3 N–H and O–H groups in total. The predicted molar refractivity (Wildman–Crippen MR) is 104 cm³/mol. The number of halogens is 2. The summed E-state index contributed by atoms with van der Waals surface area (Å²) >= 11 is 0. The van der Waals surface area contributed by atoms with Gasteiger partial charge in [0.1, 0.15) is 17.7 Å². The van der Waals surface area contributed by atoms with E-state index < -0.39 is 23.4 Å². The zero-order chi connectivity index (χ0) is 20.8. The van der Waals surface area contributed by atoms with E-state index in [4.69, 9.17) is 0 Å². The average molecular weight is 391 g/mol. The Hall–Kier alpha value is -3.00. The highest BCUT2D eigenvalue weighted by Crippen LogP contribution is 2.17. The van der Waals surface area contributed by atoms with E-state index in [9.17, 15) is 18.4 Å². The predicted octanol–water partition coefficient (Wildman–Crippen LogP) is 0.971. The summed E-state index contributed by atoms with van der Waals surface area (Å²) in [5.74, 6) is -3.51. The molecule has 2 aromatic rings. The second kappa shape index (κ2) is 9.27. The van der Waals surface area contributed by atoms with Gasteiger partial charge in [-0.05, 0) is 24.3 Å². The SMILES string of the molecule is CN(C)c1ccc([C@H](CNC(=O)C(=O)Nc2cc(F)ccc2F)[NH+](C)C)cc1. The van der Waals surface area contributed by atoms with Gasteiger partial charge in [0.25, 0.3) is 0 Å². The maximum atomic E-state index is 13.6. The van der Waals surface area contributed by atoms with Crippen LogP contribution in [0.2, 0.25) is 0 Å². The standard InChI is InChI=1S/C20H24F2N4O2/c1-25(2)15-8-5-13(6-9-15)18(26(3)4)12-23-19(27)20(28)24-17-11-14(21)7-10-16(17)22/h5-11,18H,12H2,1-4H3,(H,23,27)(H,24,28)/p+1/t18-/m0/s1. The van der Waals surface area contributed by atoms with Crippen molar-refractivity contribution in [1.82, 2.24) is 5.32 Å². The lowest BCUT2D eigenvalue weighted by Crippen LogP contribution is -3.07. The Labute approximate surface area is 163 Å². The summed E-state index contributed by atoms with van der Waals surface area (Å²) in [4.78, 5) is 27.1. The van der Waals surface area contributed by atoms with Crippen LogP contribution < -0.4 is 20.4 Å². The van der Waals surface area contributed by atoms with Gasteiger partial charge in [-0.25, -0.2) is 8.78 Å². The lowest BCUT2D eigenvalue weighted by Gasteiger charge is -2.23. The highest BCUT2D eigenvalue weighted by molar-refractivity contribution is 6.39. The third kappa shape index (κ3) is 5.50. The van der Waals surface area contributed by atoms with E-state index in [0.29, 0.717) is 0 Å². The Kier molecular flexibility index (Phi) is 7.06. The van der Waals surface area contributed by atoms with Crippen LogP contribution in [0.5, 0.6) is 0 Å². The second-order valence-electron chi connectivity index (χ2n) is 6.90. The van der Waals surface area contributed by atoms with Crippen molar-refractivity contribution in [1.29, 1.82) is 0 Å². The molecule has 0 aliphatic rings. The monoisotopic (exact) mass is 391 g/mol. The lowest BCUT2D eigenvalue weighted by atomic mass is 10.1. The van der Waals surface area contributed by atoms with Crippen molar-refractivity contribution in [3.05, 3.63) is 59.7 Å². The summed E-state index contributed by atoms with van der Waals surface area (Å²) in [5, 5.41) is 4.64. The third-order valence-electron chi connectivity index (χ3n) is 4.36. The molecule has 28 heavy (non-hydrogen) atoms. The molecule has 0 spiro atoms. The highest BCUT2D eigenvalue weighted by atomic mass is 19.1. The number of hydrogen-bond acceptors (Lipinski definition) is 3. The van der Waals surface area contributed by atoms with Crippen LogP contribution >= 0.6 is 0 Å². The number of carbonyl (C=O) groups excluding carboxylic acids is 2. The van der Waals surface area contributed by atoms with E-state index in [1.54, 1.807) is 0 Å². The Morgan fingerprint density at radius 2 is 1.68 bits per heavy atom. The van der Waals surface area contributed by atoms with E-state index in [0.717, 1.165) is 34.3 Å². The number of quaternary nitrogens is 1. The zero-order valence-corrected chi connectivity index (χ0v) is 16.3. The summed E-state index contributed by atoms with van der Waals surface area (Å²) in [6.07, 6.45) is 0. The van der Waals surface area contributed by atoms with Crippen LogP contribution in [0.25, 0.3) is 0 Å². The molecule has 0 unspecified atom stereocenters. The van der Waals surface area contributed by atoms with Crippen LogP contribution in [-0.2, 0) is 9.59 Å². The van der Waals surface area contributed by atoms with Gasteiger partial charge in [0.2, 0.25) is 0 Å². The molecule has 0 saturated carbocycles. The van der Waals surface area contributed by atoms with E-state index in [1.165, 1.54) is 0 Å². The van der Waals surface area contributed by atoms with Crippen LogP contribution in [0.3, 0.4) is 0 Å². The van der Waals surface area contributed by atoms with Gasteiger partial charge in [0, 0.05) is 31.4 Å². The van der Waals surface area contributed by atoms with Gasteiger partial charge in [-0.15, -0.1) is 0 Å². The van der Waals surface area contributed by atoms with Crippen molar-refractivity contribution >= 4 is 23.2 Å². The number of hydrogen-bond donors (Lipinski definition) is 3. The van der Waals surface area contributed by atoms with Gasteiger partial charge in [-0.1, -0.05) is 12.1 Å². The van der Waals surface area contributed by atoms with Crippen molar-refractivity contribution in [3.8, 4) is 0 Å². The highest BCUT2D eigenvalue weighted by Gasteiger charge is 2.22. The first-order valence-electron chi connectivity index (χ1n) is 8.80. The van der Waals surface area contributed by atoms with Crippen molar-refractivity contribution in [3.63, 3.8) is 0 Å². The summed E-state index contributed by atoms with van der Waals surface area (Å²) < 4.78 is 26.8. The van der Waals surface area contributed by atoms with E-state index in [-0.39, 0.29) is 18.3 Å². The molecule has 0 saturated heterocycles. The minimum absolute atomic E-state index is 0.0844. The number of benzene rings is 2. The maximum absolute atomic E-state index is 13.6. The first kappa shape index (κ1) is 21.3. The number of nitrogens with one attached hydrogen (secondary N) is 3. The molecular formula is C20H25F2N4O2+. The molecule has 2 rings (SSSR count). The van der Waals surface area contributed by atoms with Crippen LogP contribution in [0, 0.1) is 11.6 Å². The van der Waals surface area contributed by atoms with Crippen molar-refractivity contribution in [2.24, 2.45) is 0 Å². The fourth-order valence-corrected chi connectivity index (χ4v) is 2.71. The van der Waals surface area contributed by atoms with Crippen molar-refractivity contribution < 1.29 is 23.3 Å². The first-order valence-corrected chi connectivity index (χ1v) is 8.80. The number of likely N-dealkylation sites (N-methyl/N-ethyl adjacent to an activating group) is 1. The van der Waals surface area contributed by atoms with Crippen LogP contribution in [0.1, 0.15) is 11.6 Å². The molecular weight excluding hydrogens is 366 g/mol. The van der Waals surface area contributed by atoms with Crippen LogP contribution in [-0.4, -0.2) is 46.5 Å². The Balaban J connectivity index is 2.01. The summed E-state index contributed by atoms with van der Waals surface area (Å²) in [7, 11) is 7.78. The molecule has 0 fully saturated rings. The fourth-order valence-electron chi connectivity index (χ4n) is 2.71. The summed E-state index contributed by atoms with van der Waals surface area (Å²) in [6, 6.07) is 10.4. The normalized spacial score (nSPS) is 11.8. The van der Waals surface area contributed by atoms with Crippen LogP contribution in [0.4, 0.5) is 20.2 Å². The van der Waals surface area contributed by atoms with E-state index in [2.05, 4.69) is 10.6 Å². The van der Waals surface area contributed by atoms with E-state index in [1.807, 2.05) is 57.4 Å². The Morgan fingerprint density at radius 1 is 1.04 bits per heavy atom. The molecule has 0 aromatic heterocycles. The van der Waals surface area contributed by atoms with Gasteiger partial charge in [0.15, 0.2) is 0 Å². The molecule has 0 aliphatic heterocycles.